The zero-order valence-corrected chi connectivity index (χ0v) is 35.0. The van der Waals surface area contributed by atoms with E-state index >= 15 is 4.79 Å². The minimum absolute atomic E-state index is 0.00462. The van der Waals surface area contributed by atoms with Crippen LogP contribution in [0.5, 0.6) is 11.5 Å². The van der Waals surface area contributed by atoms with Crippen LogP contribution in [0.2, 0.25) is 0 Å². The van der Waals surface area contributed by atoms with Gasteiger partial charge in [0.25, 0.3) is 11.8 Å². The number of aryl methyl sites for hydroxylation is 1. The van der Waals surface area contributed by atoms with Crippen LogP contribution in [0.1, 0.15) is 92.0 Å². The van der Waals surface area contributed by atoms with Gasteiger partial charge in [-0.05, 0) is 48.4 Å². The van der Waals surface area contributed by atoms with Gasteiger partial charge in [0.2, 0.25) is 21.9 Å². The number of hydrogen-bond donors (Lipinski definition) is 4. The van der Waals surface area contributed by atoms with E-state index in [2.05, 4.69) is 22.3 Å². The van der Waals surface area contributed by atoms with E-state index in [9.17, 15) is 23.1 Å². The van der Waals surface area contributed by atoms with Crippen LogP contribution in [0, 0.1) is 0 Å². The molecule has 59 heavy (non-hydrogen) atoms. The van der Waals surface area contributed by atoms with Gasteiger partial charge in [0.1, 0.15) is 11.5 Å². The Morgan fingerprint density at radius 3 is 2.10 bits per heavy atom. The largest absolute Gasteiger partial charge is 0.495 e. The van der Waals surface area contributed by atoms with Gasteiger partial charge in [-0.1, -0.05) is 125 Å². The Labute approximate surface area is 347 Å². The van der Waals surface area contributed by atoms with E-state index in [1.807, 2.05) is 54.6 Å². The highest BCUT2D eigenvalue weighted by Crippen LogP contribution is 2.36. The lowest BCUT2D eigenvalue weighted by atomic mass is 9.98. The van der Waals surface area contributed by atoms with Crippen molar-refractivity contribution >= 4 is 44.2 Å². The molecule has 0 aliphatic carbocycles. The minimum atomic E-state index is -3.98. The summed E-state index contributed by atoms with van der Waals surface area (Å²) in [6, 6.07) is 27.1. The topological polar surface area (TPSA) is 165 Å². The molecule has 0 fully saturated rings. The molecule has 2 amide bonds. The zero-order valence-electron chi connectivity index (χ0n) is 34.2. The Morgan fingerprint density at radius 1 is 0.763 bits per heavy atom. The third-order valence-electron chi connectivity index (χ3n) is 10.2. The molecule has 5 rings (SSSR count). The number of carbonyl (C=O) groups is 3. The third kappa shape index (κ3) is 11.6. The standard InChI is InChI=1S/C46H56N4O8S/c1-4-5-6-7-8-9-10-11-12-20-29-48-59(55,56)34-27-28-40(57-3)37(32-34)49-46(54)44(58-39-26-19-17-24-36(39)45(53)47-30-31-51)43(52)42-41(33-21-14-13-15-22-33)35-23-16-18-25-38(35)50(42)2/h13-19,21-28,32,44,48,51H,4-12,20,29-31H2,1-3H3,(H,47,53)(H,49,54). The number of rotatable bonds is 24. The molecule has 0 saturated heterocycles. The number of anilines is 1. The molecule has 0 spiro atoms. The van der Waals surface area contributed by atoms with Crippen molar-refractivity contribution in [1.29, 1.82) is 0 Å². The molecule has 13 heteroatoms. The number of aliphatic hydroxyl groups is 1. The number of Topliss-reactive ketones (excluding diaryl/α,β-unsaturated/α-hetero) is 1. The van der Waals surface area contributed by atoms with Crippen LogP contribution < -0.4 is 24.8 Å². The van der Waals surface area contributed by atoms with Gasteiger partial charge in [0.05, 0.1) is 35.6 Å². The van der Waals surface area contributed by atoms with Gasteiger partial charge in [0.15, 0.2) is 0 Å². The first-order chi connectivity index (χ1) is 28.6. The summed E-state index contributed by atoms with van der Waals surface area (Å²) in [4.78, 5) is 42.6. The summed E-state index contributed by atoms with van der Waals surface area (Å²) >= 11 is 0. The average Bonchev–Trinajstić information content (AvgIpc) is 3.55. The molecule has 12 nitrogen and oxygen atoms in total. The van der Waals surface area contributed by atoms with Crippen molar-refractivity contribution in [1.82, 2.24) is 14.6 Å². The van der Waals surface area contributed by atoms with Gasteiger partial charge in [-0.25, -0.2) is 13.1 Å². The van der Waals surface area contributed by atoms with Crippen LogP contribution in [-0.4, -0.2) is 68.6 Å². The quantitative estimate of drug-likeness (QED) is 0.0276. The maximum atomic E-state index is 15.0. The number of benzene rings is 4. The number of unbranched alkanes of at least 4 members (excludes halogenated alkanes) is 9. The number of aromatic nitrogens is 1. The Kier molecular flexibility index (Phi) is 16.7. The predicted octanol–water partition coefficient (Wildman–Crippen LogP) is 8.04. The lowest BCUT2D eigenvalue weighted by Crippen LogP contribution is -2.41. The molecule has 0 radical (unpaired) electrons. The first-order valence-electron chi connectivity index (χ1n) is 20.4. The second-order valence-corrected chi connectivity index (χ2v) is 16.2. The van der Waals surface area contributed by atoms with Crippen molar-refractivity contribution in [3.8, 4) is 22.6 Å². The summed E-state index contributed by atoms with van der Waals surface area (Å²) in [6.45, 7) is 2.14. The highest BCUT2D eigenvalue weighted by atomic mass is 32.2. The fourth-order valence-corrected chi connectivity index (χ4v) is 8.23. The van der Waals surface area contributed by atoms with Gasteiger partial charge in [0, 0.05) is 36.6 Å². The van der Waals surface area contributed by atoms with E-state index in [4.69, 9.17) is 9.47 Å². The fourth-order valence-electron chi connectivity index (χ4n) is 7.13. The van der Waals surface area contributed by atoms with Crippen molar-refractivity contribution in [2.24, 2.45) is 7.05 Å². The van der Waals surface area contributed by atoms with Crippen molar-refractivity contribution < 1.29 is 37.4 Å². The Hall–Kier alpha value is -5.50. The van der Waals surface area contributed by atoms with Gasteiger partial charge >= 0.3 is 0 Å². The van der Waals surface area contributed by atoms with E-state index in [1.54, 1.807) is 23.7 Å². The number of ketones is 1. The zero-order chi connectivity index (χ0) is 42.2. The van der Waals surface area contributed by atoms with Crippen LogP contribution in [0.25, 0.3) is 22.0 Å². The molecule has 0 bridgehead atoms. The number of sulfonamides is 1. The highest BCUT2D eigenvalue weighted by Gasteiger charge is 2.36. The second kappa shape index (κ2) is 22.0. The second-order valence-electron chi connectivity index (χ2n) is 14.4. The molecule has 0 saturated carbocycles. The lowest BCUT2D eigenvalue weighted by molar-refractivity contribution is -0.121. The summed E-state index contributed by atoms with van der Waals surface area (Å²) in [5, 5.41) is 15.4. The normalized spacial score (nSPS) is 11.9. The number of hydrogen-bond acceptors (Lipinski definition) is 8. The monoisotopic (exact) mass is 824 g/mol. The maximum absolute atomic E-state index is 15.0. The minimum Gasteiger partial charge on any atom is -0.495 e. The molecule has 0 aliphatic rings. The summed E-state index contributed by atoms with van der Waals surface area (Å²) in [6.07, 6.45) is 9.36. The van der Waals surface area contributed by atoms with E-state index < -0.39 is 33.7 Å². The molecule has 0 aliphatic heterocycles. The van der Waals surface area contributed by atoms with Crippen LogP contribution in [0.3, 0.4) is 0 Å². The van der Waals surface area contributed by atoms with Crippen molar-refractivity contribution in [2.75, 3.05) is 32.1 Å². The number of nitrogens with one attached hydrogen (secondary N) is 3. The van der Waals surface area contributed by atoms with E-state index in [1.165, 1.54) is 76.0 Å². The summed E-state index contributed by atoms with van der Waals surface area (Å²) in [7, 11) is -0.873. The molecule has 5 aromatic rings. The number of aliphatic hydroxyl groups excluding tert-OH is 1. The molecule has 4 aromatic carbocycles. The molecule has 4 N–H and O–H groups in total. The lowest BCUT2D eigenvalue weighted by Gasteiger charge is -2.21. The molecule has 1 atom stereocenters. The SMILES string of the molecule is CCCCCCCCCCCCNS(=O)(=O)c1ccc(OC)c(NC(=O)C(Oc2ccccc2C(=O)NCCO)C(=O)c2c(-c3ccccc3)c3ccccc3n2C)c1. The van der Waals surface area contributed by atoms with E-state index in [0.29, 0.717) is 12.0 Å². The predicted molar refractivity (Wildman–Crippen MR) is 232 cm³/mol. The van der Waals surface area contributed by atoms with Gasteiger partial charge in [-0.15, -0.1) is 0 Å². The highest BCUT2D eigenvalue weighted by molar-refractivity contribution is 7.89. The molecular formula is C46H56N4O8S. The number of fused-ring (bicyclic) bond motifs is 1. The smallest absolute Gasteiger partial charge is 0.273 e. The molecule has 314 valence electrons. The first kappa shape index (κ1) is 44.6. The first-order valence-corrected chi connectivity index (χ1v) is 21.9. The van der Waals surface area contributed by atoms with Gasteiger partial charge in [-0.3, -0.25) is 14.4 Å². The number of ether oxygens (including phenoxy) is 2. The number of para-hydroxylation sites is 2. The molecular weight excluding hydrogens is 769 g/mol. The van der Waals surface area contributed by atoms with E-state index in [0.717, 1.165) is 35.7 Å². The summed E-state index contributed by atoms with van der Waals surface area (Å²) in [5.41, 5.74) is 2.27. The Balaban J connectivity index is 1.43. The number of methoxy groups -OCH3 is 1. The number of carbonyl (C=O) groups excluding carboxylic acids is 3. The number of amides is 2. The van der Waals surface area contributed by atoms with Crippen molar-refractivity contribution in [3.05, 3.63) is 108 Å². The Bertz CT molecular complexity index is 2290. The summed E-state index contributed by atoms with van der Waals surface area (Å²) in [5.74, 6) is -2.14. The van der Waals surface area contributed by atoms with Crippen LogP contribution in [0.4, 0.5) is 5.69 Å². The van der Waals surface area contributed by atoms with Crippen molar-refractivity contribution in [3.63, 3.8) is 0 Å². The molecule has 1 unspecified atom stereocenters. The summed E-state index contributed by atoms with van der Waals surface area (Å²) < 4.78 is 43.1. The maximum Gasteiger partial charge on any atom is 0.273 e. The average molecular weight is 825 g/mol. The van der Waals surface area contributed by atoms with Gasteiger partial charge in [-0.2, -0.15) is 0 Å². The molecule has 1 heterocycles. The van der Waals surface area contributed by atoms with Crippen LogP contribution >= 0.6 is 0 Å². The van der Waals surface area contributed by atoms with Crippen LogP contribution in [-0.2, 0) is 21.9 Å². The van der Waals surface area contributed by atoms with E-state index in [-0.39, 0.29) is 53.0 Å². The Morgan fingerprint density at radius 2 is 1.41 bits per heavy atom. The third-order valence-corrected chi connectivity index (χ3v) is 11.7. The molecule has 1 aromatic heterocycles. The van der Waals surface area contributed by atoms with Crippen LogP contribution in [0.15, 0.2) is 102 Å². The van der Waals surface area contributed by atoms with Gasteiger partial charge < -0.3 is 29.8 Å². The fraction of sp³-hybridized carbons (Fsp3) is 0.370. The number of nitrogens with zero attached hydrogens (tertiary/aromatic N) is 1. The van der Waals surface area contributed by atoms with Crippen molar-refractivity contribution in [2.45, 2.75) is 82.1 Å².